The molecule has 1 aliphatic carbocycles. The summed E-state index contributed by atoms with van der Waals surface area (Å²) >= 11 is 0. The standard InChI is InChI=1S/C71H80B2N6O7Si/c1-46(2)70(81)74-34-16-36-78(42-53-18-12-14-20-65(53)72(83)84)44-63-57-30-26-51(48(5)80)38-61(57)64(45-79(37-17-35-75-71(82)47(3)4)43-54-19-13-15-21-66(54)73(85)86)62-39-52(27-31-58(62)63)49-22-24-50(25-23-49)69-59-32-28-55(76(6)7)40-67(59)87(10,11)68-41-56(77(8)9)29-33-60(68)69/h12-15,18-33,38-41,83-86H,1,3,16-17,34-37,42-45H2,2,4-11H3,(H-,74,75,81,82)/p+1. The third kappa shape index (κ3) is 14.2. The fourth-order valence-electron chi connectivity index (χ4n) is 12.2. The van der Waals surface area contributed by atoms with Gasteiger partial charge in [0.15, 0.2) is 11.5 Å². The topological polar surface area (TPSA) is 169 Å². The summed E-state index contributed by atoms with van der Waals surface area (Å²) in [7, 11) is 2.80. The highest BCUT2D eigenvalue weighted by atomic mass is 28.3. The number of nitrogens with one attached hydrogen (secondary N) is 2. The molecule has 13 nitrogen and oxygen atoms in total. The van der Waals surface area contributed by atoms with E-state index in [9.17, 15) is 34.5 Å². The monoisotopic (exact) mass is 1180 g/mol. The normalized spacial score (nSPS) is 13.4. The maximum atomic E-state index is 13.5. The predicted octanol–water partition coefficient (Wildman–Crippen LogP) is 7.94. The van der Waals surface area contributed by atoms with Crippen molar-refractivity contribution in [1.29, 1.82) is 0 Å². The van der Waals surface area contributed by atoms with Crippen LogP contribution in [0.1, 0.15) is 77.4 Å². The fourth-order valence-corrected chi connectivity index (χ4v) is 15.3. The minimum atomic E-state index is -2.18. The molecule has 7 aromatic rings. The zero-order valence-electron chi connectivity index (χ0n) is 51.8. The minimum absolute atomic E-state index is 0.0878. The lowest BCUT2D eigenvalue weighted by Gasteiger charge is -2.38. The lowest BCUT2D eigenvalue weighted by atomic mass is 9.77. The van der Waals surface area contributed by atoms with Gasteiger partial charge in [0.25, 0.3) is 0 Å². The van der Waals surface area contributed by atoms with Crippen molar-refractivity contribution in [2.24, 2.45) is 0 Å². The summed E-state index contributed by atoms with van der Waals surface area (Å²) in [6.07, 6.45) is 8.08. The number of rotatable bonds is 24. The van der Waals surface area contributed by atoms with Gasteiger partial charge in [-0.1, -0.05) is 129 Å². The van der Waals surface area contributed by atoms with Crippen LogP contribution in [0.25, 0.3) is 38.2 Å². The summed E-state index contributed by atoms with van der Waals surface area (Å²) in [5.41, 5.74) is 14.8. The molecule has 9 rings (SSSR count). The van der Waals surface area contributed by atoms with E-state index in [0.717, 1.165) is 60.5 Å². The number of carbonyl (C=O) groups excluding carboxylic acids is 3. The second-order valence-corrected chi connectivity index (χ2v) is 28.5. The number of Topliss-reactive ketones (excluding diaryl/α,β-unsaturated/α-hetero) is 1. The molecule has 0 bridgehead atoms. The van der Waals surface area contributed by atoms with E-state index in [0.29, 0.717) is 92.8 Å². The number of anilines is 1. The summed E-state index contributed by atoms with van der Waals surface area (Å²) in [6, 6.07) is 43.0. The third-order valence-corrected chi connectivity index (χ3v) is 20.6. The molecule has 0 radical (unpaired) electrons. The molecule has 446 valence electrons. The molecular formula is C71H81B2N6O7Si+. The van der Waals surface area contributed by atoms with Gasteiger partial charge in [-0.05, 0) is 162 Å². The molecule has 0 aromatic heterocycles. The van der Waals surface area contributed by atoms with Gasteiger partial charge in [0, 0.05) is 101 Å². The molecule has 1 heterocycles. The Labute approximate surface area is 514 Å². The first-order chi connectivity index (χ1) is 41.5. The molecule has 16 heteroatoms. The van der Waals surface area contributed by atoms with E-state index in [4.69, 9.17) is 0 Å². The van der Waals surface area contributed by atoms with Gasteiger partial charge in [-0.2, -0.15) is 0 Å². The van der Waals surface area contributed by atoms with Crippen LogP contribution >= 0.6 is 0 Å². The zero-order valence-corrected chi connectivity index (χ0v) is 52.8. The lowest BCUT2D eigenvalue weighted by molar-refractivity contribution is -0.462. The van der Waals surface area contributed by atoms with E-state index in [1.807, 2.05) is 42.5 Å². The molecule has 0 saturated carbocycles. The van der Waals surface area contributed by atoms with Crippen molar-refractivity contribution in [2.75, 3.05) is 59.3 Å². The quantitative estimate of drug-likeness (QED) is 0.00873. The van der Waals surface area contributed by atoms with Crippen LogP contribution in [0.4, 0.5) is 5.69 Å². The molecule has 0 unspecified atom stereocenters. The fraction of sp³-hybridized carbons (Fsp3) is 0.268. The largest absolute Gasteiger partial charge is 0.488 e. The molecular weight excluding hydrogens is 1100 g/mol. The van der Waals surface area contributed by atoms with Gasteiger partial charge in [-0.3, -0.25) is 24.2 Å². The van der Waals surface area contributed by atoms with Gasteiger partial charge in [0.2, 0.25) is 11.8 Å². The Bertz CT molecular complexity index is 3970. The van der Waals surface area contributed by atoms with Crippen molar-refractivity contribution in [3.05, 3.63) is 220 Å². The van der Waals surface area contributed by atoms with Crippen LogP contribution in [0.15, 0.2) is 181 Å². The Balaban J connectivity index is 1.24. The van der Waals surface area contributed by atoms with Gasteiger partial charge in [0.05, 0.1) is 0 Å². The first kappa shape index (κ1) is 63.4. The van der Waals surface area contributed by atoms with E-state index in [1.54, 1.807) is 45.0 Å². The number of hydrogen-bond acceptors (Lipinski definition) is 10. The van der Waals surface area contributed by atoms with E-state index in [2.05, 4.69) is 163 Å². The van der Waals surface area contributed by atoms with Crippen molar-refractivity contribution in [3.63, 3.8) is 0 Å². The number of nitrogens with zero attached hydrogens (tertiary/aromatic N) is 4. The van der Waals surface area contributed by atoms with Gasteiger partial charge >= 0.3 is 14.2 Å². The summed E-state index contributed by atoms with van der Waals surface area (Å²) < 4.78 is 2.18. The zero-order chi connectivity index (χ0) is 62.4. The average molecular weight is 1180 g/mol. The Kier molecular flexibility index (Phi) is 19.9. The molecule has 1 aliphatic heterocycles. The van der Waals surface area contributed by atoms with Crippen molar-refractivity contribution in [1.82, 2.24) is 20.4 Å². The molecule has 2 aliphatic rings. The van der Waals surface area contributed by atoms with Gasteiger partial charge in [-0.15, -0.1) is 0 Å². The smallest absolute Gasteiger partial charge is 0.423 e. The average Bonchev–Trinajstić information content (AvgIpc) is 0.810. The SMILES string of the molecule is C=C(C)C(=O)NCCCN(Cc1ccccc1B(O)O)Cc1c2ccc(C(C)=O)cc2c(CN(CCCNC(=O)C(=C)C)Cc2ccccc2B(O)O)c2cc(-c3ccc(C4=C5C=CC(=[N+](C)C)C=C5[Si](C)(C)c5cc(N(C)C)ccc54)cc3)ccc12. The Morgan fingerprint density at radius 3 is 1.61 bits per heavy atom. The molecule has 2 amide bonds. The van der Waals surface area contributed by atoms with E-state index in [1.165, 1.54) is 38.5 Å². The van der Waals surface area contributed by atoms with Crippen LogP contribution in [0.3, 0.4) is 0 Å². The van der Waals surface area contributed by atoms with Crippen LogP contribution in [0.5, 0.6) is 0 Å². The van der Waals surface area contributed by atoms with E-state index < -0.39 is 22.3 Å². The second kappa shape index (κ2) is 27.3. The van der Waals surface area contributed by atoms with Crippen LogP contribution < -0.4 is 31.6 Å². The number of ketones is 1. The number of amides is 2. The van der Waals surface area contributed by atoms with Gasteiger partial charge < -0.3 is 35.6 Å². The van der Waals surface area contributed by atoms with Crippen LogP contribution in [0.2, 0.25) is 13.1 Å². The molecule has 0 spiro atoms. The molecule has 0 atom stereocenters. The molecule has 87 heavy (non-hydrogen) atoms. The molecule has 0 fully saturated rings. The van der Waals surface area contributed by atoms with Crippen molar-refractivity contribution in [3.8, 4) is 11.1 Å². The van der Waals surface area contributed by atoms with E-state index in [-0.39, 0.29) is 17.6 Å². The van der Waals surface area contributed by atoms with Crippen molar-refractivity contribution >= 4 is 94.5 Å². The summed E-state index contributed by atoms with van der Waals surface area (Å²) in [6.45, 7) is 20.8. The van der Waals surface area contributed by atoms with Gasteiger partial charge in [-0.25, -0.2) is 4.58 Å². The number of benzene rings is 7. The minimum Gasteiger partial charge on any atom is -0.423 e. The maximum Gasteiger partial charge on any atom is 0.488 e. The third-order valence-electron chi connectivity index (χ3n) is 17.0. The number of allylic oxidation sites excluding steroid dienone is 5. The Morgan fingerprint density at radius 2 is 1.09 bits per heavy atom. The summed E-state index contributed by atoms with van der Waals surface area (Å²) in [4.78, 5) is 45.6. The Morgan fingerprint density at radius 1 is 0.586 bits per heavy atom. The lowest BCUT2D eigenvalue weighted by Crippen LogP contribution is -2.49. The Hall–Kier alpha value is -8.05. The summed E-state index contributed by atoms with van der Waals surface area (Å²) in [5, 5.41) is 55.0. The van der Waals surface area contributed by atoms with Crippen molar-refractivity contribution < 1.29 is 39.1 Å². The number of carbonyl (C=O) groups is 3. The maximum absolute atomic E-state index is 13.5. The first-order valence-electron chi connectivity index (χ1n) is 29.9. The van der Waals surface area contributed by atoms with E-state index >= 15 is 0 Å². The molecule has 7 aromatic carbocycles. The second-order valence-electron chi connectivity index (χ2n) is 24.2. The van der Waals surface area contributed by atoms with Crippen LogP contribution in [0, 0.1) is 0 Å². The first-order valence-corrected chi connectivity index (χ1v) is 32.9. The molecule has 6 N–H and O–H groups in total. The predicted molar refractivity (Wildman–Crippen MR) is 361 cm³/mol. The van der Waals surface area contributed by atoms with Crippen molar-refractivity contribution in [2.45, 2.75) is 72.9 Å². The molecule has 0 saturated heterocycles. The highest BCUT2D eigenvalue weighted by Gasteiger charge is 2.40. The number of hydrogen-bond donors (Lipinski definition) is 6. The van der Waals surface area contributed by atoms with Crippen LogP contribution in [-0.4, -0.2) is 134 Å². The highest BCUT2D eigenvalue weighted by Crippen LogP contribution is 2.43. The number of fused-ring (bicyclic) bond motifs is 4. The summed E-state index contributed by atoms with van der Waals surface area (Å²) in [5.74, 6) is -0.533. The van der Waals surface area contributed by atoms with Crippen LogP contribution in [-0.2, 0) is 35.8 Å². The highest BCUT2D eigenvalue weighted by molar-refractivity contribution is 6.98. The van der Waals surface area contributed by atoms with Gasteiger partial charge in [0.1, 0.15) is 22.2 Å².